The molecule has 0 atom stereocenters. The Morgan fingerprint density at radius 3 is 2.54 bits per heavy atom. The van der Waals surface area contributed by atoms with E-state index in [1.54, 1.807) is 6.08 Å². The molecule has 0 unspecified atom stereocenters. The molecule has 0 N–H and O–H groups in total. The number of allylic oxidation sites excluding steroid dienone is 1. The van der Waals surface area contributed by atoms with E-state index < -0.39 is 0 Å². The lowest BCUT2D eigenvalue weighted by Crippen LogP contribution is -1.90. The maximum absolute atomic E-state index is 10.9. The number of hydrogen-bond acceptors (Lipinski definition) is 1. The summed E-state index contributed by atoms with van der Waals surface area (Å²) in [5.41, 5.74) is 1.04. The highest BCUT2D eigenvalue weighted by molar-refractivity contribution is 14.1. The zero-order chi connectivity index (χ0) is 9.68. The topological polar surface area (TPSA) is 17.1 Å². The second-order valence-electron chi connectivity index (χ2n) is 2.48. The van der Waals surface area contributed by atoms with Gasteiger partial charge in [0.2, 0.25) is 0 Å². The summed E-state index contributed by atoms with van der Waals surface area (Å²) < 4.78 is 1.58. The van der Waals surface area contributed by atoms with Gasteiger partial charge in [-0.05, 0) is 23.8 Å². The minimum atomic E-state index is 0.142. The van der Waals surface area contributed by atoms with Crippen molar-refractivity contribution in [2.45, 2.75) is 0 Å². The van der Waals surface area contributed by atoms with E-state index in [1.165, 1.54) is 0 Å². The molecular weight excluding hydrogens is 343 g/mol. The van der Waals surface area contributed by atoms with Crippen molar-refractivity contribution in [1.82, 2.24) is 0 Å². The predicted molar refractivity (Wildman–Crippen MR) is 67.1 cm³/mol. The molecule has 1 aromatic rings. The molecule has 0 aromatic heterocycles. The van der Waals surface area contributed by atoms with Crippen molar-refractivity contribution in [3.63, 3.8) is 0 Å². The van der Waals surface area contributed by atoms with Crippen LogP contribution < -0.4 is 0 Å². The van der Waals surface area contributed by atoms with Gasteiger partial charge in [-0.1, -0.05) is 56.7 Å². The van der Waals surface area contributed by atoms with E-state index in [1.807, 2.05) is 30.3 Å². The van der Waals surface area contributed by atoms with Crippen molar-refractivity contribution < 1.29 is 4.79 Å². The highest BCUT2D eigenvalue weighted by Crippen LogP contribution is 2.11. The molecule has 0 amide bonds. The Balaban J connectivity index is 2.69. The second-order valence-corrected chi connectivity index (χ2v) is 4.16. The maximum atomic E-state index is 10.9. The Morgan fingerprint density at radius 1 is 1.38 bits per heavy atom. The fourth-order valence-electron chi connectivity index (χ4n) is 0.808. The van der Waals surface area contributed by atoms with Gasteiger partial charge < -0.3 is 0 Å². The average molecular weight is 351 g/mol. The van der Waals surface area contributed by atoms with Crippen LogP contribution in [0.15, 0.2) is 34.8 Å². The van der Waals surface area contributed by atoms with E-state index in [0.29, 0.717) is 4.43 Å². The molecule has 1 aromatic carbocycles. The largest absolute Gasteiger partial charge is 0.294 e. The van der Waals surface area contributed by atoms with Gasteiger partial charge >= 0.3 is 0 Å². The molecule has 0 saturated heterocycles. The van der Waals surface area contributed by atoms with Crippen LogP contribution in [0.2, 0.25) is 0 Å². The van der Waals surface area contributed by atoms with Gasteiger partial charge in [0.25, 0.3) is 0 Å². The fraction of sp³-hybridized carbons (Fsp3) is 0.100. The number of halogens is 2. The third kappa shape index (κ3) is 4.04. The minimum absolute atomic E-state index is 0.142. The van der Waals surface area contributed by atoms with Crippen LogP contribution in [0.4, 0.5) is 0 Å². The van der Waals surface area contributed by atoms with E-state index in [9.17, 15) is 4.79 Å². The lowest BCUT2D eigenvalue weighted by atomic mass is 10.2. The summed E-state index contributed by atoms with van der Waals surface area (Å²) in [5.74, 6) is 0.142. The van der Waals surface area contributed by atoms with Crippen molar-refractivity contribution >= 4 is 50.4 Å². The molecule has 13 heavy (non-hydrogen) atoms. The molecule has 68 valence electrons. The number of hydrogen-bond donors (Lipinski definition) is 0. The normalized spacial score (nSPS) is 10.6. The second kappa shape index (κ2) is 5.54. The summed E-state index contributed by atoms with van der Waals surface area (Å²) in [6.45, 7) is 0. The van der Waals surface area contributed by atoms with Crippen LogP contribution in [-0.2, 0) is 4.79 Å². The molecule has 0 aliphatic carbocycles. The standard InChI is InChI=1S/C10H8BrIO/c11-9-4-1-8(2-5-9)3-6-10(13)7-12/h1-6H,7H2/b6-3+. The van der Waals surface area contributed by atoms with Gasteiger partial charge in [-0.25, -0.2) is 0 Å². The molecule has 0 bridgehead atoms. The number of alkyl halides is 1. The Labute approximate surface area is 99.5 Å². The van der Waals surface area contributed by atoms with Crippen LogP contribution >= 0.6 is 38.5 Å². The molecular formula is C10H8BrIO. The summed E-state index contributed by atoms with van der Waals surface area (Å²) >= 11 is 5.40. The van der Waals surface area contributed by atoms with Crippen LogP contribution in [0.1, 0.15) is 5.56 Å². The van der Waals surface area contributed by atoms with Gasteiger partial charge in [-0.2, -0.15) is 0 Å². The minimum Gasteiger partial charge on any atom is -0.294 e. The molecule has 0 heterocycles. The number of ketones is 1. The van der Waals surface area contributed by atoms with Crippen molar-refractivity contribution in [3.8, 4) is 0 Å². The monoisotopic (exact) mass is 350 g/mol. The predicted octanol–water partition coefficient (Wildman–Crippen LogP) is 3.47. The van der Waals surface area contributed by atoms with Gasteiger partial charge in [0.05, 0.1) is 4.43 Å². The number of carbonyl (C=O) groups excluding carboxylic acids is 1. The Morgan fingerprint density at radius 2 is 2.00 bits per heavy atom. The Bertz CT molecular complexity index is 316. The van der Waals surface area contributed by atoms with E-state index in [2.05, 4.69) is 38.5 Å². The van der Waals surface area contributed by atoms with Gasteiger partial charge in [-0.15, -0.1) is 0 Å². The first-order valence-electron chi connectivity index (χ1n) is 3.75. The Hall–Kier alpha value is -0.160. The van der Waals surface area contributed by atoms with Gasteiger partial charge in [0, 0.05) is 4.47 Å². The summed E-state index contributed by atoms with van der Waals surface area (Å²) in [6, 6.07) is 7.82. The van der Waals surface area contributed by atoms with Crippen molar-refractivity contribution in [3.05, 3.63) is 40.4 Å². The summed E-state index contributed by atoms with van der Waals surface area (Å²) in [5, 5.41) is 0. The zero-order valence-electron chi connectivity index (χ0n) is 6.84. The van der Waals surface area contributed by atoms with E-state index in [-0.39, 0.29) is 5.78 Å². The van der Waals surface area contributed by atoms with E-state index in [0.717, 1.165) is 10.0 Å². The average Bonchev–Trinajstić information content (AvgIpc) is 2.16. The molecule has 0 spiro atoms. The Kier molecular flexibility index (Phi) is 4.66. The van der Waals surface area contributed by atoms with Gasteiger partial charge in [-0.3, -0.25) is 4.79 Å². The molecule has 0 saturated carbocycles. The van der Waals surface area contributed by atoms with Crippen LogP contribution in [0, 0.1) is 0 Å². The smallest absolute Gasteiger partial charge is 0.165 e. The summed E-state index contributed by atoms with van der Waals surface area (Å²) in [4.78, 5) is 10.9. The summed E-state index contributed by atoms with van der Waals surface area (Å²) in [6.07, 6.45) is 3.43. The number of carbonyl (C=O) groups is 1. The first kappa shape index (κ1) is 10.9. The zero-order valence-corrected chi connectivity index (χ0v) is 10.6. The third-order valence-corrected chi connectivity index (χ3v) is 2.74. The lowest BCUT2D eigenvalue weighted by Gasteiger charge is -1.92. The van der Waals surface area contributed by atoms with Crippen molar-refractivity contribution in [2.75, 3.05) is 4.43 Å². The SMILES string of the molecule is O=C(/C=C/c1ccc(Br)cc1)CI. The summed E-state index contributed by atoms with van der Waals surface area (Å²) in [7, 11) is 0. The van der Waals surface area contributed by atoms with Crippen molar-refractivity contribution in [1.29, 1.82) is 0 Å². The van der Waals surface area contributed by atoms with Crippen LogP contribution in [-0.4, -0.2) is 10.2 Å². The van der Waals surface area contributed by atoms with E-state index in [4.69, 9.17) is 0 Å². The molecule has 3 heteroatoms. The van der Waals surface area contributed by atoms with E-state index >= 15 is 0 Å². The van der Waals surface area contributed by atoms with Crippen molar-refractivity contribution in [2.24, 2.45) is 0 Å². The van der Waals surface area contributed by atoms with Crippen LogP contribution in [0.25, 0.3) is 6.08 Å². The third-order valence-electron chi connectivity index (χ3n) is 1.46. The first-order chi connectivity index (χ1) is 6.22. The molecule has 1 rings (SSSR count). The molecule has 1 nitrogen and oxygen atoms in total. The number of benzene rings is 1. The number of rotatable bonds is 3. The van der Waals surface area contributed by atoms with Crippen LogP contribution in [0.5, 0.6) is 0 Å². The molecule has 0 radical (unpaired) electrons. The first-order valence-corrected chi connectivity index (χ1v) is 6.06. The van der Waals surface area contributed by atoms with Gasteiger partial charge in [0.1, 0.15) is 0 Å². The maximum Gasteiger partial charge on any atom is 0.165 e. The highest BCUT2D eigenvalue weighted by Gasteiger charge is 1.91. The highest BCUT2D eigenvalue weighted by atomic mass is 127. The molecule has 0 aliphatic heterocycles. The van der Waals surface area contributed by atoms with Gasteiger partial charge in [0.15, 0.2) is 5.78 Å². The quantitative estimate of drug-likeness (QED) is 0.463. The lowest BCUT2D eigenvalue weighted by molar-refractivity contribution is -0.112. The fourth-order valence-corrected chi connectivity index (χ4v) is 1.33. The van der Waals surface area contributed by atoms with Crippen LogP contribution in [0.3, 0.4) is 0 Å². The molecule has 0 fully saturated rings. The molecule has 0 aliphatic rings.